The Kier molecular flexibility index (Phi) is 5.45. The standard InChI is InChI=1S/C13H13ClN2.ClH/c14-12-8-6-11(7-9-12)13(16-15)10-4-2-1-3-5-10;/h1-9,13,16H,15H2;1H. The average molecular weight is 269 g/mol. The van der Waals surface area contributed by atoms with Crippen molar-refractivity contribution in [2.24, 2.45) is 5.84 Å². The van der Waals surface area contributed by atoms with Gasteiger partial charge >= 0.3 is 0 Å². The van der Waals surface area contributed by atoms with Gasteiger partial charge in [0.1, 0.15) is 0 Å². The predicted octanol–water partition coefficient (Wildman–Crippen LogP) is 3.31. The Morgan fingerprint density at radius 2 is 1.41 bits per heavy atom. The predicted molar refractivity (Wildman–Crippen MR) is 74.3 cm³/mol. The number of nitrogens with one attached hydrogen (secondary N) is 1. The van der Waals surface area contributed by atoms with E-state index >= 15 is 0 Å². The van der Waals surface area contributed by atoms with Gasteiger partial charge in [-0.2, -0.15) is 0 Å². The third kappa shape index (κ3) is 3.45. The van der Waals surface area contributed by atoms with Crippen LogP contribution in [0.5, 0.6) is 0 Å². The summed E-state index contributed by atoms with van der Waals surface area (Å²) in [6.07, 6.45) is 0. The lowest BCUT2D eigenvalue weighted by molar-refractivity contribution is 0.637. The van der Waals surface area contributed by atoms with Crippen LogP contribution in [0, 0.1) is 0 Å². The summed E-state index contributed by atoms with van der Waals surface area (Å²) >= 11 is 5.85. The van der Waals surface area contributed by atoms with Crippen molar-refractivity contribution in [3.8, 4) is 0 Å². The number of benzene rings is 2. The van der Waals surface area contributed by atoms with Gasteiger partial charge in [0.15, 0.2) is 0 Å². The molecular formula is C13H14Cl2N2. The zero-order chi connectivity index (χ0) is 11.4. The first-order valence-corrected chi connectivity index (χ1v) is 5.45. The van der Waals surface area contributed by atoms with Gasteiger partial charge in [0.05, 0.1) is 6.04 Å². The fraction of sp³-hybridized carbons (Fsp3) is 0.0769. The maximum absolute atomic E-state index is 5.85. The van der Waals surface area contributed by atoms with Crippen LogP contribution in [0.4, 0.5) is 0 Å². The summed E-state index contributed by atoms with van der Waals surface area (Å²) in [7, 11) is 0. The highest BCUT2D eigenvalue weighted by molar-refractivity contribution is 6.30. The lowest BCUT2D eigenvalue weighted by Crippen LogP contribution is -2.28. The van der Waals surface area contributed by atoms with E-state index in [2.05, 4.69) is 5.43 Å². The Bertz CT molecular complexity index is 443. The van der Waals surface area contributed by atoms with E-state index in [0.29, 0.717) is 0 Å². The SMILES string of the molecule is Cl.NNC(c1ccccc1)c1ccc(Cl)cc1. The molecule has 2 rings (SSSR count). The van der Waals surface area contributed by atoms with Crippen LogP contribution in [0.3, 0.4) is 0 Å². The molecule has 0 aliphatic rings. The quantitative estimate of drug-likeness (QED) is 0.662. The number of hydrogen-bond acceptors (Lipinski definition) is 2. The van der Waals surface area contributed by atoms with Crippen molar-refractivity contribution in [1.29, 1.82) is 0 Å². The lowest BCUT2D eigenvalue weighted by Gasteiger charge is -2.16. The number of nitrogens with two attached hydrogens (primary N) is 1. The second-order valence-electron chi connectivity index (χ2n) is 3.56. The molecule has 0 aliphatic heterocycles. The molecule has 90 valence electrons. The summed E-state index contributed by atoms with van der Waals surface area (Å²) in [5.41, 5.74) is 5.04. The first-order chi connectivity index (χ1) is 7.81. The van der Waals surface area contributed by atoms with E-state index in [0.717, 1.165) is 16.1 Å². The van der Waals surface area contributed by atoms with Crippen molar-refractivity contribution < 1.29 is 0 Å². The van der Waals surface area contributed by atoms with E-state index in [4.69, 9.17) is 17.4 Å². The fourth-order valence-electron chi connectivity index (χ4n) is 1.69. The van der Waals surface area contributed by atoms with Crippen molar-refractivity contribution >= 4 is 24.0 Å². The molecule has 0 spiro atoms. The average Bonchev–Trinajstić information content (AvgIpc) is 2.34. The maximum atomic E-state index is 5.85. The van der Waals surface area contributed by atoms with Gasteiger partial charge in [0.2, 0.25) is 0 Å². The lowest BCUT2D eigenvalue weighted by atomic mass is 10.00. The van der Waals surface area contributed by atoms with Crippen LogP contribution in [0.15, 0.2) is 54.6 Å². The van der Waals surface area contributed by atoms with Crippen LogP contribution in [-0.2, 0) is 0 Å². The van der Waals surface area contributed by atoms with Gasteiger partial charge in [0, 0.05) is 5.02 Å². The molecule has 0 radical (unpaired) electrons. The van der Waals surface area contributed by atoms with E-state index in [9.17, 15) is 0 Å². The highest BCUT2D eigenvalue weighted by Gasteiger charge is 2.10. The Balaban J connectivity index is 0.00000144. The summed E-state index contributed by atoms with van der Waals surface area (Å²) < 4.78 is 0. The van der Waals surface area contributed by atoms with Gasteiger partial charge < -0.3 is 0 Å². The van der Waals surface area contributed by atoms with Gasteiger partial charge in [-0.25, -0.2) is 5.43 Å². The minimum absolute atomic E-state index is 0. The van der Waals surface area contributed by atoms with E-state index < -0.39 is 0 Å². The third-order valence-corrected chi connectivity index (χ3v) is 2.75. The molecule has 3 N–H and O–H groups in total. The molecule has 1 atom stereocenters. The summed E-state index contributed by atoms with van der Waals surface area (Å²) in [6, 6.07) is 17.7. The number of hydrazine groups is 1. The normalized spacial score (nSPS) is 11.6. The molecule has 0 saturated heterocycles. The van der Waals surface area contributed by atoms with Crippen molar-refractivity contribution in [3.63, 3.8) is 0 Å². The van der Waals surface area contributed by atoms with Crippen molar-refractivity contribution in [2.45, 2.75) is 6.04 Å². The molecule has 0 bridgehead atoms. The minimum Gasteiger partial charge on any atom is -0.271 e. The molecule has 1 unspecified atom stereocenters. The van der Waals surface area contributed by atoms with Crippen LogP contribution in [0.2, 0.25) is 5.02 Å². The van der Waals surface area contributed by atoms with Gasteiger partial charge in [-0.3, -0.25) is 5.84 Å². The molecule has 2 nitrogen and oxygen atoms in total. The van der Waals surface area contributed by atoms with E-state index in [1.165, 1.54) is 0 Å². The van der Waals surface area contributed by atoms with Gasteiger partial charge in [-0.05, 0) is 23.3 Å². The second-order valence-corrected chi connectivity index (χ2v) is 4.00. The Morgan fingerprint density at radius 3 is 1.94 bits per heavy atom. The fourth-order valence-corrected chi connectivity index (χ4v) is 1.81. The van der Waals surface area contributed by atoms with E-state index in [-0.39, 0.29) is 18.4 Å². The van der Waals surface area contributed by atoms with E-state index in [1.54, 1.807) is 0 Å². The third-order valence-electron chi connectivity index (χ3n) is 2.50. The topological polar surface area (TPSA) is 38.0 Å². The summed E-state index contributed by atoms with van der Waals surface area (Å²) in [6.45, 7) is 0. The van der Waals surface area contributed by atoms with Crippen LogP contribution < -0.4 is 11.3 Å². The smallest absolute Gasteiger partial charge is 0.0710 e. The monoisotopic (exact) mass is 268 g/mol. The van der Waals surface area contributed by atoms with Gasteiger partial charge in [0.25, 0.3) is 0 Å². The summed E-state index contributed by atoms with van der Waals surface area (Å²) in [4.78, 5) is 0. The summed E-state index contributed by atoms with van der Waals surface area (Å²) in [5, 5.41) is 0.729. The second kappa shape index (κ2) is 6.62. The highest BCUT2D eigenvalue weighted by atomic mass is 35.5. The maximum Gasteiger partial charge on any atom is 0.0710 e. The molecule has 0 aliphatic carbocycles. The van der Waals surface area contributed by atoms with Crippen molar-refractivity contribution in [2.75, 3.05) is 0 Å². The van der Waals surface area contributed by atoms with Gasteiger partial charge in [-0.1, -0.05) is 54.1 Å². The Hall–Kier alpha value is -1.06. The highest BCUT2D eigenvalue weighted by Crippen LogP contribution is 2.22. The Morgan fingerprint density at radius 1 is 0.882 bits per heavy atom. The van der Waals surface area contributed by atoms with Crippen LogP contribution >= 0.6 is 24.0 Å². The summed E-state index contributed by atoms with van der Waals surface area (Å²) in [5.74, 6) is 5.59. The largest absolute Gasteiger partial charge is 0.271 e. The van der Waals surface area contributed by atoms with Crippen LogP contribution in [-0.4, -0.2) is 0 Å². The molecule has 0 saturated carbocycles. The van der Waals surface area contributed by atoms with E-state index in [1.807, 2.05) is 54.6 Å². The molecule has 0 aromatic heterocycles. The van der Waals surface area contributed by atoms with Gasteiger partial charge in [-0.15, -0.1) is 12.4 Å². The molecule has 0 amide bonds. The molecule has 17 heavy (non-hydrogen) atoms. The molecule has 2 aromatic carbocycles. The molecule has 2 aromatic rings. The molecule has 4 heteroatoms. The molecule has 0 fully saturated rings. The number of hydrogen-bond donors (Lipinski definition) is 2. The first kappa shape index (κ1) is 14.0. The van der Waals surface area contributed by atoms with Crippen molar-refractivity contribution in [3.05, 3.63) is 70.7 Å². The number of halogens is 2. The minimum atomic E-state index is -0.00142. The van der Waals surface area contributed by atoms with Crippen LogP contribution in [0.25, 0.3) is 0 Å². The number of rotatable bonds is 3. The first-order valence-electron chi connectivity index (χ1n) is 5.08. The zero-order valence-corrected chi connectivity index (χ0v) is 10.7. The molecular weight excluding hydrogens is 255 g/mol. The zero-order valence-electron chi connectivity index (χ0n) is 9.14. The van der Waals surface area contributed by atoms with Crippen molar-refractivity contribution in [1.82, 2.24) is 5.43 Å². The molecule has 0 heterocycles. The Labute approximate surface area is 112 Å². The van der Waals surface area contributed by atoms with Crippen LogP contribution in [0.1, 0.15) is 17.2 Å².